The average Bonchev–Trinajstić information content (AvgIpc) is 2.72. The van der Waals surface area contributed by atoms with Gasteiger partial charge in [-0.1, -0.05) is 48.5 Å². The molecule has 21 heavy (non-hydrogen) atoms. The first-order valence-electron chi connectivity index (χ1n) is 8.27. The maximum absolute atomic E-state index is 4.49. The summed E-state index contributed by atoms with van der Waals surface area (Å²) < 4.78 is 2.08. The van der Waals surface area contributed by atoms with Gasteiger partial charge in [-0.05, 0) is 36.3 Å². The molecule has 1 unspecified atom stereocenters. The molecule has 122 valence electrons. The van der Waals surface area contributed by atoms with Crippen molar-refractivity contribution in [1.82, 2.24) is 20.1 Å². The summed E-state index contributed by atoms with van der Waals surface area (Å²) in [5.41, 5.74) is 0.262. The number of hydrogen-bond donors (Lipinski definition) is 1. The molecule has 4 heteroatoms. The maximum Gasteiger partial charge on any atom is 0.138 e. The topological polar surface area (TPSA) is 42.7 Å². The molecule has 0 radical (unpaired) electrons. The monoisotopic (exact) mass is 294 g/mol. The van der Waals surface area contributed by atoms with Crippen LogP contribution >= 0.6 is 0 Å². The summed E-state index contributed by atoms with van der Waals surface area (Å²) in [5.74, 6) is 2.97. The lowest BCUT2D eigenvalue weighted by Gasteiger charge is -2.31. The lowest BCUT2D eigenvalue weighted by molar-refractivity contribution is 0.222. The van der Waals surface area contributed by atoms with E-state index in [1.165, 1.54) is 0 Å². The Hall–Kier alpha value is -0.900. The van der Waals surface area contributed by atoms with Crippen LogP contribution in [0.4, 0.5) is 0 Å². The SMILES string of the molecule is CC(C)CNCC(Cc1ncnn1CC(C)C)C(C)(C)C. The van der Waals surface area contributed by atoms with Crippen LogP contribution in [-0.4, -0.2) is 27.9 Å². The zero-order valence-electron chi connectivity index (χ0n) is 15.0. The maximum atomic E-state index is 4.49. The second-order valence-electron chi connectivity index (χ2n) is 8.07. The number of hydrogen-bond acceptors (Lipinski definition) is 3. The fourth-order valence-electron chi connectivity index (χ4n) is 2.40. The van der Waals surface area contributed by atoms with Gasteiger partial charge in [-0.25, -0.2) is 9.67 Å². The van der Waals surface area contributed by atoms with Gasteiger partial charge < -0.3 is 5.32 Å². The molecule has 4 nitrogen and oxygen atoms in total. The van der Waals surface area contributed by atoms with Gasteiger partial charge >= 0.3 is 0 Å². The normalized spacial score (nSPS) is 14.1. The highest BCUT2D eigenvalue weighted by molar-refractivity contribution is 4.92. The quantitative estimate of drug-likeness (QED) is 0.799. The standard InChI is InChI=1S/C17H34N4/c1-13(2)9-18-10-15(17(5,6)7)8-16-19-12-20-21(16)11-14(3)4/h12-15,18H,8-11H2,1-7H3. The molecule has 1 N–H and O–H groups in total. The second-order valence-corrected chi connectivity index (χ2v) is 8.07. The van der Waals surface area contributed by atoms with E-state index in [-0.39, 0.29) is 5.41 Å². The van der Waals surface area contributed by atoms with Gasteiger partial charge in [0.25, 0.3) is 0 Å². The first kappa shape index (κ1) is 18.1. The lowest BCUT2D eigenvalue weighted by Crippen LogP contribution is -2.35. The zero-order chi connectivity index (χ0) is 16.0. The predicted molar refractivity (Wildman–Crippen MR) is 89.2 cm³/mol. The van der Waals surface area contributed by atoms with E-state index < -0.39 is 0 Å². The molecule has 1 aromatic rings. The van der Waals surface area contributed by atoms with Crippen LogP contribution in [0, 0.1) is 23.2 Å². The molecule has 1 atom stereocenters. The Bertz CT molecular complexity index is 401. The Morgan fingerprint density at radius 1 is 1.10 bits per heavy atom. The van der Waals surface area contributed by atoms with Gasteiger partial charge in [0.2, 0.25) is 0 Å². The molecule has 0 aliphatic heterocycles. The smallest absolute Gasteiger partial charge is 0.138 e. The fourth-order valence-corrected chi connectivity index (χ4v) is 2.40. The average molecular weight is 294 g/mol. The molecule has 0 saturated heterocycles. The van der Waals surface area contributed by atoms with Gasteiger partial charge in [-0.2, -0.15) is 5.10 Å². The molecule has 1 aromatic heterocycles. The highest BCUT2D eigenvalue weighted by Crippen LogP contribution is 2.28. The zero-order valence-corrected chi connectivity index (χ0v) is 15.0. The third-order valence-electron chi connectivity index (χ3n) is 3.83. The van der Waals surface area contributed by atoms with Crippen molar-refractivity contribution in [3.05, 3.63) is 12.2 Å². The lowest BCUT2D eigenvalue weighted by atomic mass is 9.78. The van der Waals surface area contributed by atoms with Crippen molar-refractivity contribution in [2.45, 2.75) is 61.4 Å². The van der Waals surface area contributed by atoms with E-state index in [0.717, 1.165) is 31.9 Å². The molecule has 0 spiro atoms. The van der Waals surface area contributed by atoms with Crippen molar-refractivity contribution < 1.29 is 0 Å². The van der Waals surface area contributed by atoms with Crippen LogP contribution in [-0.2, 0) is 13.0 Å². The van der Waals surface area contributed by atoms with Crippen LogP contribution in [0.1, 0.15) is 54.3 Å². The van der Waals surface area contributed by atoms with Gasteiger partial charge in [0.05, 0.1) is 0 Å². The van der Waals surface area contributed by atoms with E-state index in [1.807, 2.05) is 0 Å². The molecular weight excluding hydrogens is 260 g/mol. The Morgan fingerprint density at radius 2 is 1.76 bits per heavy atom. The summed E-state index contributed by atoms with van der Waals surface area (Å²) in [4.78, 5) is 4.49. The Labute approximate surface area is 130 Å². The van der Waals surface area contributed by atoms with Crippen molar-refractivity contribution >= 4 is 0 Å². The molecule has 1 heterocycles. The van der Waals surface area contributed by atoms with Gasteiger partial charge in [0.15, 0.2) is 0 Å². The van der Waals surface area contributed by atoms with E-state index >= 15 is 0 Å². The Balaban J connectivity index is 2.70. The van der Waals surface area contributed by atoms with Crippen LogP contribution in [0.2, 0.25) is 0 Å². The summed E-state index contributed by atoms with van der Waals surface area (Å²) in [6, 6.07) is 0. The summed E-state index contributed by atoms with van der Waals surface area (Å²) >= 11 is 0. The molecule has 0 aromatic carbocycles. The molecular formula is C17H34N4. The minimum Gasteiger partial charge on any atom is -0.316 e. The number of nitrogens with zero attached hydrogens (tertiary/aromatic N) is 3. The highest BCUT2D eigenvalue weighted by atomic mass is 15.3. The van der Waals surface area contributed by atoms with Crippen molar-refractivity contribution in [2.75, 3.05) is 13.1 Å². The van der Waals surface area contributed by atoms with Crippen molar-refractivity contribution in [1.29, 1.82) is 0 Å². The third kappa shape index (κ3) is 6.60. The largest absolute Gasteiger partial charge is 0.316 e. The summed E-state index contributed by atoms with van der Waals surface area (Å²) in [6.07, 6.45) is 2.68. The number of nitrogens with one attached hydrogen (secondary N) is 1. The van der Waals surface area contributed by atoms with Crippen molar-refractivity contribution in [3.63, 3.8) is 0 Å². The number of rotatable bonds is 8. The predicted octanol–water partition coefficient (Wildman–Crippen LogP) is 3.38. The van der Waals surface area contributed by atoms with E-state index in [9.17, 15) is 0 Å². The first-order chi connectivity index (χ1) is 9.70. The van der Waals surface area contributed by atoms with Gasteiger partial charge in [-0.3, -0.25) is 0 Å². The molecule has 0 fully saturated rings. The second kappa shape index (κ2) is 7.92. The van der Waals surface area contributed by atoms with Crippen LogP contribution in [0.5, 0.6) is 0 Å². The molecule has 0 saturated carbocycles. The van der Waals surface area contributed by atoms with Crippen LogP contribution < -0.4 is 5.32 Å². The highest BCUT2D eigenvalue weighted by Gasteiger charge is 2.26. The fraction of sp³-hybridized carbons (Fsp3) is 0.882. The van der Waals surface area contributed by atoms with Gasteiger partial charge in [0.1, 0.15) is 12.2 Å². The Morgan fingerprint density at radius 3 is 2.29 bits per heavy atom. The minimum absolute atomic E-state index is 0.262. The van der Waals surface area contributed by atoms with Crippen molar-refractivity contribution in [3.8, 4) is 0 Å². The molecule has 0 bridgehead atoms. The molecule has 0 amide bonds. The van der Waals surface area contributed by atoms with Crippen LogP contribution in [0.15, 0.2) is 6.33 Å². The molecule has 0 aliphatic carbocycles. The van der Waals surface area contributed by atoms with Crippen molar-refractivity contribution in [2.24, 2.45) is 23.2 Å². The van der Waals surface area contributed by atoms with Gasteiger partial charge in [-0.15, -0.1) is 0 Å². The summed E-state index contributed by atoms with van der Waals surface area (Å²) in [5, 5.41) is 7.99. The number of aromatic nitrogens is 3. The Kier molecular flexibility index (Phi) is 6.85. The van der Waals surface area contributed by atoms with Crippen LogP contribution in [0.3, 0.4) is 0 Å². The third-order valence-corrected chi connectivity index (χ3v) is 3.83. The molecule has 0 aliphatic rings. The van der Waals surface area contributed by atoms with E-state index in [0.29, 0.717) is 17.8 Å². The molecule has 1 rings (SSSR count). The van der Waals surface area contributed by atoms with E-state index in [4.69, 9.17) is 0 Å². The van der Waals surface area contributed by atoms with Gasteiger partial charge in [0, 0.05) is 13.0 Å². The van der Waals surface area contributed by atoms with E-state index in [1.54, 1.807) is 6.33 Å². The summed E-state index contributed by atoms with van der Waals surface area (Å²) in [7, 11) is 0. The van der Waals surface area contributed by atoms with E-state index in [2.05, 4.69) is 68.5 Å². The first-order valence-corrected chi connectivity index (χ1v) is 8.27. The van der Waals surface area contributed by atoms with Crippen LogP contribution in [0.25, 0.3) is 0 Å². The minimum atomic E-state index is 0.262. The summed E-state index contributed by atoms with van der Waals surface area (Å²) in [6.45, 7) is 18.9.